The van der Waals surface area contributed by atoms with Crippen LogP contribution in [0.4, 0.5) is 5.69 Å². The minimum absolute atomic E-state index is 0.0593. The molecule has 8 nitrogen and oxygen atoms in total. The molecule has 0 spiro atoms. The van der Waals surface area contributed by atoms with Crippen LogP contribution in [0.1, 0.15) is 16.1 Å². The zero-order chi connectivity index (χ0) is 17.4. The largest absolute Gasteiger partial charge is 0.496 e. The van der Waals surface area contributed by atoms with Gasteiger partial charge in [0.1, 0.15) is 11.3 Å². The van der Waals surface area contributed by atoms with E-state index in [9.17, 15) is 20.0 Å². The van der Waals surface area contributed by atoms with Crippen molar-refractivity contribution in [2.45, 2.75) is 6.92 Å². The monoisotopic (exact) mass is 327 g/mol. The number of non-ortho nitro benzene ring substituents is 1. The van der Waals surface area contributed by atoms with Gasteiger partial charge in [-0.1, -0.05) is 6.07 Å². The van der Waals surface area contributed by atoms with Crippen LogP contribution >= 0.6 is 0 Å². The molecule has 0 saturated carbocycles. The van der Waals surface area contributed by atoms with E-state index in [4.69, 9.17) is 4.74 Å². The molecule has 2 aromatic carbocycles. The molecule has 0 radical (unpaired) electrons. The standard InChI is InChI=1S/C16H13N3O5/c1-9-11-7-6-10(19(22)23)8-13(11)18(17-9)12-4-3-5-14(24-2)15(12)16(20)21/h3-8H,1-2H3,(H,20,21). The Kier molecular flexibility index (Phi) is 3.64. The molecular formula is C16H13N3O5. The van der Waals surface area contributed by atoms with Crippen LogP contribution in [0.3, 0.4) is 0 Å². The van der Waals surface area contributed by atoms with Crippen LogP contribution in [-0.2, 0) is 0 Å². The summed E-state index contributed by atoms with van der Waals surface area (Å²) in [5.41, 5.74) is 1.22. The lowest BCUT2D eigenvalue weighted by Gasteiger charge is -2.11. The van der Waals surface area contributed by atoms with E-state index in [0.717, 1.165) is 0 Å². The first-order valence-corrected chi connectivity index (χ1v) is 6.98. The van der Waals surface area contributed by atoms with E-state index in [1.807, 2.05) is 0 Å². The Morgan fingerprint density at radius 1 is 1.33 bits per heavy atom. The summed E-state index contributed by atoms with van der Waals surface area (Å²) < 4.78 is 6.51. The molecule has 0 saturated heterocycles. The topological polar surface area (TPSA) is 107 Å². The van der Waals surface area contributed by atoms with Crippen LogP contribution in [0.2, 0.25) is 0 Å². The molecule has 0 atom stereocenters. The van der Waals surface area contributed by atoms with Crippen molar-refractivity contribution >= 4 is 22.6 Å². The fraction of sp³-hybridized carbons (Fsp3) is 0.125. The maximum Gasteiger partial charge on any atom is 0.341 e. The Hall–Kier alpha value is -3.42. The summed E-state index contributed by atoms with van der Waals surface area (Å²) in [5, 5.41) is 25.6. The van der Waals surface area contributed by atoms with Gasteiger partial charge in [0.05, 0.1) is 28.9 Å². The molecule has 122 valence electrons. The van der Waals surface area contributed by atoms with Gasteiger partial charge in [0.25, 0.3) is 5.69 Å². The van der Waals surface area contributed by atoms with Crippen molar-refractivity contribution in [2.75, 3.05) is 7.11 Å². The smallest absolute Gasteiger partial charge is 0.341 e. The van der Waals surface area contributed by atoms with Crippen LogP contribution in [0.5, 0.6) is 5.75 Å². The highest BCUT2D eigenvalue weighted by atomic mass is 16.6. The van der Waals surface area contributed by atoms with Gasteiger partial charge < -0.3 is 9.84 Å². The van der Waals surface area contributed by atoms with E-state index in [1.165, 1.54) is 30.0 Å². The Morgan fingerprint density at radius 3 is 2.71 bits per heavy atom. The van der Waals surface area contributed by atoms with Gasteiger partial charge in [0.15, 0.2) is 0 Å². The van der Waals surface area contributed by atoms with Crippen LogP contribution in [0.15, 0.2) is 36.4 Å². The Balaban J connectivity index is 2.36. The molecule has 1 heterocycles. The van der Waals surface area contributed by atoms with Crippen LogP contribution in [-0.4, -0.2) is 32.9 Å². The predicted molar refractivity (Wildman–Crippen MR) is 86.0 cm³/mol. The second kappa shape index (κ2) is 5.65. The minimum atomic E-state index is -1.17. The van der Waals surface area contributed by atoms with Gasteiger partial charge in [-0.05, 0) is 25.1 Å². The van der Waals surface area contributed by atoms with Gasteiger partial charge in [-0.3, -0.25) is 10.1 Å². The first-order valence-electron chi connectivity index (χ1n) is 6.98. The lowest BCUT2D eigenvalue weighted by atomic mass is 10.1. The molecule has 3 aromatic rings. The van der Waals surface area contributed by atoms with Crippen LogP contribution < -0.4 is 4.74 Å². The summed E-state index contributed by atoms with van der Waals surface area (Å²) in [6.45, 7) is 1.76. The van der Waals surface area contributed by atoms with Gasteiger partial charge in [0.2, 0.25) is 0 Å². The highest BCUT2D eigenvalue weighted by Gasteiger charge is 2.21. The van der Waals surface area contributed by atoms with E-state index in [1.54, 1.807) is 25.1 Å². The summed E-state index contributed by atoms with van der Waals surface area (Å²) in [6.07, 6.45) is 0. The van der Waals surface area contributed by atoms with Gasteiger partial charge in [-0.25, -0.2) is 9.48 Å². The number of aromatic nitrogens is 2. The van der Waals surface area contributed by atoms with Crippen molar-refractivity contribution < 1.29 is 19.6 Å². The third-order valence-corrected chi connectivity index (χ3v) is 3.73. The lowest BCUT2D eigenvalue weighted by Crippen LogP contribution is -2.09. The number of carbonyl (C=O) groups is 1. The van der Waals surface area contributed by atoms with Crippen molar-refractivity contribution in [1.29, 1.82) is 0 Å². The number of aryl methyl sites for hydroxylation is 1. The third kappa shape index (κ3) is 2.34. The quantitative estimate of drug-likeness (QED) is 0.583. The third-order valence-electron chi connectivity index (χ3n) is 3.73. The molecule has 0 fully saturated rings. The normalized spacial score (nSPS) is 10.8. The maximum absolute atomic E-state index is 11.7. The molecule has 0 aliphatic carbocycles. The zero-order valence-electron chi connectivity index (χ0n) is 12.9. The zero-order valence-corrected chi connectivity index (χ0v) is 12.9. The van der Waals surface area contributed by atoms with Crippen LogP contribution in [0, 0.1) is 17.0 Å². The van der Waals surface area contributed by atoms with Gasteiger partial charge in [-0.2, -0.15) is 5.10 Å². The second-order valence-electron chi connectivity index (χ2n) is 5.12. The number of hydrogen-bond acceptors (Lipinski definition) is 5. The van der Waals surface area contributed by atoms with Crippen LogP contribution in [0.25, 0.3) is 16.6 Å². The average Bonchev–Trinajstić information content (AvgIpc) is 2.90. The van der Waals surface area contributed by atoms with E-state index < -0.39 is 10.9 Å². The molecule has 8 heteroatoms. The fourth-order valence-corrected chi connectivity index (χ4v) is 2.64. The molecule has 1 N–H and O–H groups in total. The minimum Gasteiger partial charge on any atom is -0.496 e. The van der Waals surface area contributed by atoms with Gasteiger partial charge >= 0.3 is 5.97 Å². The summed E-state index contributed by atoms with van der Waals surface area (Å²) in [5.74, 6) is -0.985. The molecule has 24 heavy (non-hydrogen) atoms. The number of aromatic carboxylic acids is 1. The van der Waals surface area contributed by atoms with Crippen molar-refractivity contribution in [2.24, 2.45) is 0 Å². The maximum atomic E-state index is 11.7. The number of nitro groups is 1. The summed E-state index contributed by atoms with van der Waals surface area (Å²) in [7, 11) is 1.38. The van der Waals surface area contributed by atoms with E-state index in [0.29, 0.717) is 16.6 Å². The van der Waals surface area contributed by atoms with Crippen molar-refractivity contribution in [3.05, 3.63) is 57.8 Å². The molecule has 0 bridgehead atoms. The van der Waals surface area contributed by atoms with Crippen molar-refractivity contribution in [1.82, 2.24) is 9.78 Å². The van der Waals surface area contributed by atoms with E-state index in [2.05, 4.69) is 5.10 Å². The fourth-order valence-electron chi connectivity index (χ4n) is 2.64. The number of nitro benzene ring substituents is 1. The summed E-state index contributed by atoms with van der Waals surface area (Å²) in [4.78, 5) is 22.2. The molecular weight excluding hydrogens is 314 g/mol. The molecule has 0 amide bonds. The number of ether oxygens (including phenoxy) is 1. The molecule has 1 aromatic heterocycles. The first kappa shape index (κ1) is 15.5. The molecule has 0 aliphatic heterocycles. The van der Waals surface area contributed by atoms with Crippen molar-refractivity contribution in [3.8, 4) is 11.4 Å². The number of hydrogen-bond donors (Lipinski definition) is 1. The van der Waals surface area contributed by atoms with E-state index in [-0.39, 0.29) is 22.7 Å². The Bertz CT molecular complexity index is 977. The lowest BCUT2D eigenvalue weighted by molar-refractivity contribution is -0.384. The van der Waals surface area contributed by atoms with Crippen molar-refractivity contribution in [3.63, 3.8) is 0 Å². The number of nitrogens with zero attached hydrogens (tertiary/aromatic N) is 3. The van der Waals surface area contributed by atoms with E-state index >= 15 is 0 Å². The van der Waals surface area contributed by atoms with Gasteiger partial charge in [-0.15, -0.1) is 0 Å². The number of methoxy groups -OCH3 is 1. The molecule has 0 unspecified atom stereocenters. The Labute approximate surface area is 136 Å². The predicted octanol–water partition coefficient (Wildman–Crippen LogP) is 2.95. The number of carboxylic acid groups (broad SMARTS) is 1. The number of fused-ring (bicyclic) bond motifs is 1. The number of benzene rings is 2. The SMILES string of the molecule is COc1cccc(-n2nc(C)c3ccc([N+](=O)[O-])cc32)c1C(=O)O. The Morgan fingerprint density at radius 2 is 2.08 bits per heavy atom. The molecule has 3 rings (SSSR count). The first-order chi connectivity index (χ1) is 11.4. The highest BCUT2D eigenvalue weighted by molar-refractivity contribution is 5.96. The average molecular weight is 327 g/mol. The number of carboxylic acids is 1. The second-order valence-corrected chi connectivity index (χ2v) is 5.12. The highest BCUT2D eigenvalue weighted by Crippen LogP contribution is 2.30. The molecule has 0 aliphatic rings. The summed E-state index contributed by atoms with van der Waals surface area (Å²) >= 11 is 0. The van der Waals surface area contributed by atoms with Gasteiger partial charge in [0, 0.05) is 17.5 Å². The number of rotatable bonds is 4. The summed E-state index contributed by atoms with van der Waals surface area (Å²) in [6, 6.07) is 9.13.